The molecule has 0 atom stereocenters. The molecule has 0 aromatic heterocycles. The lowest BCUT2D eigenvalue weighted by atomic mass is 9.86. The second kappa shape index (κ2) is 11.4. The highest BCUT2D eigenvalue weighted by atomic mass is 14.2. The van der Waals surface area contributed by atoms with E-state index >= 15 is 0 Å². The van der Waals surface area contributed by atoms with Crippen LogP contribution in [0.25, 0.3) is 109 Å². The van der Waals surface area contributed by atoms with Gasteiger partial charge in [0.05, 0.1) is 0 Å². The fourth-order valence-corrected chi connectivity index (χ4v) is 8.68. The van der Waals surface area contributed by atoms with Crippen molar-refractivity contribution in [2.75, 3.05) is 0 Å². The zero-order chi connectivity index (χ0) is 34.2. The molecule has 0 unspecified atom stereocenters. The highest BCUT2D eigenvalue weighted by Gasteiger charge is 2.17. The van der Waals surface area contributed by atoms with Crippen molar-refractivity contribution in [3.05, 3.63) is 194 Å². The largest absolute Gasteiger partial charge is 0.0616 e. The van der Waals surface area contributed by atoms with E-state index in [1.807, 2.05) is 0 Å². The van der Waals surface area contributed by atoms with Gasteiger partial charge in [0.1, 0.15) is 0 Å². The molecule has 0 spiro atoms. The average molecular weight is 657 g/mol. The van der Waals surface area contributed by atoms with E-state index in [4.69, 9.17) is 0 Å². The van der Waals surface area contributed by atoms with Crippen LogP contribution in [-0.4, -0.2) is 0 Å². The summed E-state index contributed by atoms with van der Waals surface area (Å²) in [4.78, 5) is 0. The number of rotatable bonds is 4. The van der Waals surface area contributed by atoms with Gasteiger partial charge >= 0.3 is 0 Å². The maximum Gasteiger partial charge on any atom is -0.00203 e. The average Bonchev–Trinajstić information content (AvgIpc) is 3.22. The van der Waals surface area contributed by atoms with Crippen molar-refractivity contribution in [3.8, 4) is 44.5 Å². The normalized spacial score (nSPS) is 11.8. The smallest absolute Gasteiger partial charge is 0.00203 e. The van der Waals surface area contributed by atoms with E-state index in [0.717, 1.165) is 0 Å². The molecule has 11 aromatic rings. The predicted octanol–water partition coefficient (Wildman–Crippen LogP) is 14.7. The lowest BCUT2D eigenvalue weighted by molar-refractivity contribution is 1.61. The van der Waals surface area contributed by atoms with E-state index in [2.05, 4.69) is 194 Å². The molecule has 0 fully saturated rings. The maximum absolute atomic E-state index is 2.39. The Morgan fingerprint density at radius 1 is 0.212 bits per heavy atom. The van der Waals surface area contributed by atoms with Crippen molar-refractivity contribution in [3.63, 3.8) is 0 Å². The molecule has 0 nitrogen and oxygen atoms in total. The molecular formula is C52H32. The minimum Gasteiger partial charge on any atom is -0.0616 e. The number of hydrogen-bond donors (Lipinski definition) is 0. The van der Waals surface area contributed by atoms with E-state index in [0.29, 0.717) is 0 Å². The summed E-state index contributed by atoms with van der Waals surface area (Å²) in [5, 5.41) is 15.4. The van der Waals surface area contributed by atoms with Crippen LogP contribution in [0.2, 0.25) is 0 Å². The van der Waals surface area contributed by atoms with Crippen LogP contribution in [0, 0.1) is 0 Å². The molecule has 0 bridgehead atoms. The molecule has 0 aliphatic heterocycles. The van der Waals surface area contributed by atoms with Crippen LogP contribution in [0.5, 0.6) is 0 Å². The molecule has 0 heteroatoms. The SMILES string of the molecule is c1cc(-c2ccc3ccccc3c2-c2ccc3ccccc3c2)cc(-c2ccc3ccc4c(-c5ccc6ccccc6c5)ccc5ccc2c3c54)c1. The summed E-state index contributed by atoms with van der Waals surface area (Å²) in [6.07, 6.45) is 0. The van der Waals surface area contributed by atoms with Gasteiger partial charge < -0.3 is 0 Å². The molecule has 0 amide bonds. The highest BCUT2D eigenvalue weighted by Crippen LogP contribution is 2.44. The molecule has 52 heavy (non-hydrogen) atoms. The fraction of sp³-hybridized carbons (Fsp3) is 0. The van der Waals surface area contributed by atoms with Gasteiger partial charge in [-0.2, -0.15) is 0 Å². The summed E-state index contributed by atoms with van der Waals surface area (Å²) in [5.41, 5.74) is 9.98. The molecule has 11 aromatic carbocycles. The summed E-state index contributed by atoms with van der Waals surface area (Å²) in [6, 6.07) is 72.0. The van der Waals surface area contributed by atoms with Gasteiger partial charge in [-0.3, -0.25) is 0 Å². The Bertz CT molecular complexity index is 3180. The maximum atomic E-state index is 2.39. The summed E-state index contributed by atoms with van der Waals surface area (Å²) in [5.74, 6) is 0. The van der Waals surface area contributed by atoms with Crippen molar-refractivity contribution in [2.24, 2.45) is 0 Å². The van der Waals surface area contributed by atoms with Crippen LogP contribution < -0.4 is 0 Å². The Labute approximate surface area is 302 Å². The highest BCUT2D eigenvalue weighted by molar-refractivity contribution is 6.27. The molecule has 11 rings (SSSR count). The fourth-order valence-electron chi connectivity index (χ4n) is 8.68. The van der Waals surface area contributed by atoms with Crippen molar-refractivity contribution in [2.45, 2.75) is 0 Å². The first kappa shape index (κ1) is 29.0. The molecule has 0 aliphatic carbocycles. The number of benzene rings is 11. The van der Waals surface area contributed by atoms with Gasteiger partial charge in [-0.05, 0) is 127 Å². The molecule has 0 N–H and O–H groups in total. The van der Waals surface area contributed by atoms with Gasteiger partial charge in [0.15, 0.2) is 0 Å². The van der Waals surface area contributed by atoms with Crippen LogP contribution in [-0.2, 0) is 0 Å². The minimum atomic E-state index is 1.22. The van der Waals surface area contributed by atoms with Gasteiger partial charge in [-0.1, -0.05) is 176 Å². The Hall–Kier alpha value is -6.76. The summed E-state index contributed by atoms with van der Waals surface area (Å²) >= 11 is 0. The first-order chi connectivity index (χ1) is 25.8. The standard InChI is InChI=1S/C52H32/c1-3-11-38-30-42(18-16-33(38)8-1)45-26-22-37-23-28-48-44(25-21-36-24-29-49(45)52(37)51(36)48)40-13-7-14-41(32-40)47-27-20-35-10-5-6-15-46(35)50(47)43-19-17-34-9-2-4-12-39(34)31-43/h1-32H. The Balaban J connectivity index is 1.10. The molecule has 0 radical (unpaired) electrons. The number of hydrogen-bond acceptors (Lipinski definition) is 0. The Kier molecular flexibility index (Phi) is 6.35. The third-order valence-corrected chi connectivity index (χ3v) is 11.2. The second-order valence-corrected chi connectivity index (χ2v) is 14.1. The summed E-state index contributed by atoms with van der Waals surface area (Å²) in [6.45, 7) is 0. The van der Waals surface area contributed by atoms with Crippen LogP contribution >= 0.6 is 0 Å². The molecule has 240 valence electrons. The Morgan fingerprint density at radius 2 is 0.654 bits per heavy atom. The monoisotopic (exact) mass is 656 g/mol. The van der Waals surface area contributed by atoms with Gasteiger partial charge in [-0.15, -0.1) is 0 Å². The summed E-state index contributed by atoms with van der Waals surface area (Å²) in [7, 11) is 0. The third kappa shape index (κ3) is 4.48. The lowest BCUT2D eigenvalue weighted by Gasteiger charge is -2.18. The Morgan fingerprint density at radius 3 is 1.31 bits per heavy atom. The van der Waals surface area contributed by atoms with Crippen LogP contribution in [0.15, 0.2) is 194 Å². The molecule has 0 saturated carbocycles. The van der Waals surface area contributed by atoms with Gasteiger partial charge in [-0.25, -0.2) is 0 Å². The van der Waals surface area contributed by atoms with Crippen LogP contribution in [0.4, 0.5) is 0 Å². The van der Waals surface area contributed by atoms with Gasteiger partial charge in [0.2, 0.25) is 0 Å². The molecule has 0 saturated heterocycles. The first-order valence-corrected chi connectivity index (χ1v) is 18.1. The van der Waals surface area contributed by atoms with Crippen LogP contribution in [0.1, 0.15) is 0 Å². The van der Waals surface area contributed by atoms with Crippen molar-refractivity contribution in [1.82, 2.24) is 0 Å². The molecular weight excluding hydrogens is 625 g/mol. The second-order valence-electron chi connectivity index (χ2n) is 14.1. The summed E-state index contributed by atoms with van der Waals surface area (Å²) < 4.78 is 0. The zero-order valence-corrected chi connectivity index (χ0v) is 28.5. The van der Waals surface area contributed by atoms with Gasteiger partial charge in [0.25, 0.3) is 0 Å². The lowest BCUT2D eigenvalue weighted by Crippen LogP contribution is -1.91. The van der Waals surface area contributed by atoms with E-state index in [1.165, 1.54) is 109 Å². The van der Waals surface area contributed by atoms with Crippen molar-refractivity contribution >= 4 is 64.6 Å². The van der Waals surface area contributed by atoms with E-state index < -0.39 is 0 Å². The van der Waals surface area contributed by atoms with Gasteiger partial charge in [0, 0.05) is 0 Å². The third-order valence-electron chi connectivity index (χ3n) is 11.2. The molecule has 0 heterocycles. The topological polar surface area (TPSA) is 0 Å². The zero-order valence-electron chi connectivity index (χ0n) is 28.5. The molecule has 0 aliphatic rings. The predicted molar refractivity (Wildman–Crippen MR) is 224 cm³/mol. The minimum absolute atomic E-state index is 1.22. The first-order valence-electron chi connectivity index (χ1n) is 18.1. The van der Waals surface area contributed by atoms with Crippen molar-refractivity contribution < 1.29 is 0 Å². The van der Waals surface area contributed by atoms with Crippen LogP contribution in [0.3, 0.4) is 0 Å². The van der Waals surface area contributed by atoms with E-state index in [1.54, 1.807) is 0 Å². The number of fused-ring (bicyclic) bond motifs is 3. The van der Waals surface area contributed by atoms with E-state index in [9.17, 15) is 0 Å². The van der Waals surface area contributed by atoms with E-state index in [-0.39, 0.29) is 0 Å². The van der Waals surface area contributed by atoms with Crippen molar-refractivity contribution in [1.29, 1.82) is 0 Å². The quantitative estimate of drug-likeness (QED) is 0.165.